The smallest absolute Gasteiger partial charge is 0.170 e. The highest BCUT2D eigenvalue weighted by Crippen LogP contribution is 2.40. The van der Waals surface area contributed by atoms with Crippen molar-refractivity contribution in [3.05, 3.63) is 108 Å². The van der Waals surface area contributed by atoms with Crippen LogP contribution in [0.3, 0.4) is 0 Å². The average molecular weight is 471 g/mol. The molecule has 0 radical (unpaired) electrons. The van der Waals surface area contributed by atoms with Crippen LogP contribution in [0.25, 0.3) is 5.69 Å². The fourth-order valence-electron chi connectivity index (χ4n) is 4.44. The third-order valence-corrected chi connectivity index (χ3v) is 6.50. The summed E-state index contributed by atoms with van der Waals surface area (Å²) < 4.78 is 12.9. The Hall–Kier alpha value is -3.84. The van der Waals surface area contributed by atoms with Gasteiger partial charge in [0.1, 0.15) is 11.5 Å². The molecule has 1 fully saturated rings. The molecule has 0 saturated carbocycles. The quantitative estimate of drug-likeness (QED) is 0.381. The molecule has 3 heterocycles. The zero-order chi connectivity index (χ0) is 23.5. The molecule has 0 amide bonds. The first-order valence-corrected chi connectivity index (χ1v) is 11.5. The van der Waals surface area contributed by atoms with Crippen LogP contribution in [0.1, 0.15) is 29.0 Å². The van der Waals surface area contributed by atoms with E-state index in [-0.39, 0.29) is 12.1 Å². The van der Waals surface area contributed by atoms with Gasteiger partial charge in [-0.25, -0.2) is 0 Å². The van der Waals surface area contributed by atoms with Crippen molar-refractivity contribution in [1.82, 2.24) is 19.8 Å². The second-order valence-corrected chi connectivity index (χ2v) is 8.49. The maximum atomic E-state index is 5.85. The zero-order valence-corrected chi connectivity index (χ0v) is 19.9. The van der Waals surface area contributed by atoms with Crippen molar-refractivity contribution >= 4 is 17.3 Å². The second kappa shape index (κ2) is 9.57. The molecule has 0 spiro atoms. The molecule has 4 aromatic rings. The minimum absolute atomic E-state index is 0.0541. The van der Waals surface area contributed by atoms with Gasteiger partial charge in [-0.15, -0.1) is 0 Å². The Balaban J connectivity index is 1.56. The van der Waals surface area contributed by atoms with Gasteiger partial charge in [-0.05, 0) is 78.4 Å². The van der Waals surface area contributed by atoms with E-state index in [4.69, 9.17) is 21.7 Å². The van der Waals surface area contributed by atoms with Crippen LogP contribution < -0.4 is 14.8 Å². The topological polar surface area (TPSA) is 51.5 Å². The van der Waals surface area contributed by atoms with Gasteiger partial charge in [-0.1, -0.05) is 18.2 Å². The first kappa shape index (κ1) is 22.0. The zero-order valence-electron chi connectivity index (χ0n) is 19.1. The lowest BCUT2D eigenvalue weighted by molar-refractivity contribution is 0.302. The van der Waals surface area contributed by atoms with Crippen LogP contribution in [0.4, 0.5) is 0 Å². The van der Waals surface area contributed by atoms with Gasteiger partial charge >= 0.3 is 0 Å². The molecule has 1 aliphatic heterocycles. The summed E-state index contributed by atoms with van der Waals surface area (Å²) in [5.74, 6) is 1.66. The molecule has 2 aromatic carbocycles. The third kappa shape index (κ3) is 4.22. The number of thiocarbonyl (C=S) groups is 1. The lowest BCUT2D eigenvalue weighted by Gasteiger charge is -2.29. The van der Waals surface area contributed by atoms with Crippen molar-refractivity contribution in [3.8, 4) is 17.2 Å². The van der Waals surface area contributed by atoms with Crippen LogP contribution in [0.2, 0.25) is 0 Å². The number of rotatable bonds is 7. The fourth-order valence-corrected chi connectivity index (χ4v) is 4.74. The Kier molecular flexibility index (Phi) is 6.18. The van der Waals surface area contributed by atoms with E-state index in [1.807, 2.05) is 48.7 Å². The summed E-state index contributed by atoms with van der Waals surface area (Å²) in [6.45, 7) is 0.664. The molecule has 0 aliphatic carbocycles. The highest BCUT2D eigenvalue weighted by molar-refractivity contribution is 7.80. The predicted octanol–water partition coefficient (Wildman–Crippen LogP) is 5.06. The normalized spacial score (nSPS) is 17.5. The fraction of sp³-hybridized carbons (Fsp3) is 0.185. The molecule has 5 rings (SSSR count). The molecule has 172 valence electrons. The van der Waals surface area contributed by atoms with E-state index in [2.05, 4.69) is 62.4 Å². The van der Waals surface area contributed by atoms with E-state index >= 15 is 0 Å². The summed E-state index contributed by atoms with van der Waals surface area (Å²) in [5.41, 5.74) is 4.29. The van der Waals surface area contributed by atoms with E-state index < -0.39 is 0 Å². The van der Waals surface area contributed by atoms with Gasteiger partial charge in [0, 0.05) is 30.3 Å². The number of hydrogen-bond donors (Lipinski definition) is 1. The largest absolute Gasteiger partial charge is 0.497 e. The Morgan fingerprint density at radius 3 is 2.24 bits per heavy atom. The molecule has 2 aromatic heterocycles. The Labute approximate surface area is 204 Å². The molecule has 34 heavy (non-hydrogen) atoms. The molecule has 1 N–H and O–H groups in total. The SMILES string of the molecule is COc1ccc(CN2C(=S)N[C@@H](c3ccccn3)[C@@H]2c2cccn2-c2ccc(OC)cc2)cc1. The molecule has 2 atom stereocenters. The number of pyridine rings is 1. The van der Waals surface area contributed by atoms with Gasteiger partial charge in [-0.2, -0.15) is 0 Å². The van der Waals surface area contributed by atoms with Gasteiger partial charge < -0.3 is 24.3 Å². The Morgan fingerprint density at radius 1 is 0.882 bits per heavy atom. The van der Waals surface area contributed by atoms with Crippen molar-refractivity contribution in [2.24, 2.45) is 0 Å². The van der Waals surface area contributed by atoms with Gasteiger partial charge in [0.25, 0.3) is 0 Å². The van der Waals surface area contributed by atoms with E-state index in [1.165, 1.54) is 0 Å². The van der Waals surface area contributed by atoms with Crippen molar-refractivity contribution in [1.29, 1.82) is 0 Å². The lowest BCUT2D eigenvalue weighted by Crippen LogP contribution is -2.30. The molecule has 6 nitrogen and oxygen atoms in total. The standard InChI is InChI=1S/C27H26N4O2S/c1-32-21-12-8-19(9-13-21)18-31-26(25(29-27(31)34)23-6-3-4-16-28-23)24-7-5-17-30(24)20-10-14-22(33-2)15-11-20/h3-17,25-26H,18H2,1-2H3,(H,29,34)/t25-,26-/m0/s1. The summed E-state index contributed by atoms with van der Waals surface area (Å²) in [7, 11) is 3.35. The number of nitrogens with zero attached hydrogens (tertiary/aromatic N) is 3. The summed E-state index contributed by atoms with van der Waals surface area (Å²) in [6, 6.07) is 26.3. The molecule has 1 aliphatic rings. The number of nitrogens with one attached hydrogen (secondary N) is 1. The van der Waals surface area contributed by atoms with Gasteiger partial charge in [0.05, 0.1) is 32.0 Å². The Bertz CT molecular complexity index is 1260. The summed E-state index contributed by atoms with van der Waals surface area (Å²) in [4.78, 5) is 6.90. The first-order valence-electron chi connectivity index (χ1n) is 11.1. The number of benzene rings is 2. The maximum absolute atomic E-state index is 5.85. The first-order chi connectivity index (χ1) is 16.7. The number of aromatic nitrogens is 2. The van der Waals surface area contributed by atoms with Crippen molar-refractivity contribution in [3.63, 3.8) is 0 Å². The molecule has 0 bridgehead atoms. The summed E-state index contributed by atoms with van der Waals surface area (Å²) in [6.07, 6.45) is 3.91. The molecule has 7 heteroatoms. The highest BCUT2D eigenvalue weighted by Gasteiger charge is 2.41. The Morgan fingerprint density at radius 2 is 1.59 bits per heavy atom. The lowest BCUT2D eigenvalue weighted by atomic mass is 10.0. The minimum Gasteiger partial charge on any atom is -0.497 e. The third-order valence-electron chi connectivity index (χ3n) is 6.14. The second-order valence-electron chi connectivity index (χ2n) is 8.10. The molecular weight excluding hydrogens is 444 g/mol. The van der Waals surface area contributed by atoms with Crippen LogP contribution in [0, 0.1) is 0 Å². The highest BCUT2D eigenvalue weighted by atomic mass is 32.1. The van der Waals surface area contributed by atoms with Crippen LogP contribution in [-0.2, 0) is 6.54 Å². The van der Waals surface area contributed by atoms with Crippen molar-refractivity contribution in [2.45, 2.75) is 18.6 Å². The molecule has 0 unspecified atom stereocenters. The van der Waals surface area contributed by atoms with E-state index in [1.54, 1.807) is 14.2 Å². The number of hydrogen-bond acceptors (Lipinski definition) is 4. The van der Waals surface area contributed by atoms with Crippen LogP contribution in [-0.4, -0.2) is 33.8 Å². The number of methoxy groups -OCH3 is 2. The summed E-state index contributed by atoms with van der Waals surface area (Å²) >= 11 is 5.85. The van der Waals surface area contributed by atoms with E-state index in [0.717, 1.165) is 34.1 Å². The van der Waals surface area contributed by atoms with Gasteiger partial charge in [-0.3, -0.25) is 4.98 Å². The predicted molar refractivity (Wildman–Crippen MR) is 136 cm³/mol. The molecule has 1 saturated heterocycles. The number of ether oxygens (including phenoxy) is 2. The van der Waals surface area contributed by atoms with Gasteiger partial charge in [0.2, 0.25) is 0 Å². The molecular formula is C27H26N4O2S. The monoisotopic (exact) mass is 470 g/mol. The average Bonchev–Trinajstić information content (AvgIpc) is 3.49. The van der Waals surface area contributed by atoms with E-state index in [9.17, 15) is 0 Å². The van der Waals surface area contributed by atoms with E-state index in [0.29, 0.717) is 11.7 Å². The van der Waals surface area contributed by atoms with Crippen molar-refractivity contribution < 1.29 is 9.47 Å². The summed E-state index contributed by atoms with van der Waals surface area (Å²) in [5, 5.41) is 4.24. The maximum Gasteiger partial charge on any atom is 0.170 e. The van der Waals surface area contributed by atoms with Gasteiger partial charge in [0.15, 0.2) is 5.11 Å². The van der Waals surface area contributed by atoms with Crippen LogP contribution >= 0.6 is 12.2 Å². The van der Waals surface area contributed by atoms with Crippen LogP contribution in [0.15, 0.2) is 91.3 Å². The van der Waals surface area contributed by atoms with Crippen molar-refractivity contribution in [2.75, 3.05) is 14.2 Å². The minimum atomic E-state index is -0.0844. The van der Waals surface area contributed by atoms with Crippen LogP contribution in [0.5, 0.6) is 11.5 Å².